The molecule has 2 heterocycles. The summed E-state index contributed by atoms with van der Waals surface area (Å²) >= 11 is 1.72. The predicted molar refractivity (Wildman–Crippen MR) is 117 cm³/mol. The highest BCUT2D eigenvalue weighted by Gasteiger charge is 2.33. The lowest BCUT2D eigenvalue weighted by molar-refractivity contribution is -0.135. The third-order valence-electron chi connectivity index (χ3n) is 5.07. The molecule has 0 aliphatic carbocycles. The molecule has 0 saturated carbocycles. The van der Waals surface area contributed by atoms with Gasteiger partial charge in [-0.05, 0) is 42.5 Å². The Kier molecular flexibility index (Phi) is 8.10. The highest BCUT2D eigenvalue weighted by atomic mass is 32.1. The molecule has 1 aliphatic rings. The number of nitrogens with zero attached hydrogens (tertiary/aromatic N) is 2. The maximum atomic E-state index is 13.2. The molecular formula is C22H29N3O4S. The van der Waals surface area contributed by atoms with E-state index in [0.29, 0.717) is 32.8 Å². The van der Waals surface area contributed by atoms with Crippen LogP contribution in [0.5, 0.6) is 5.75 Å². The van der Waals surface area contributed by atoms with E-state index < -0.39 is 0 Å². The summed E-state index contributed by atoms with van der Waals surface area (Å²) in [7, 11) is 1.58. The third kappa shape index (κ3) is 5.52. The summed E-state index contributed by atoms with van der Waals surface area (Å²) in [5.74, 6) is 0.687. The number of thiophene rings is 1. The fourth-order valence-electron chi connectivity index (χ4n) is 3.54. The number of hydrogen-bond acceptors (Lipinski definition) is 5. The SMILES string of the molecule is CCNC(=O)N(CCOC)CC(=O)N1CCc2sccc2C1COc1ccccc1. The molecule has 2 aromatic rings. The van der Waals surface area contributed by atoms with E-state index in [2.05, 4.69) is 16.8 Å². The van der Waals surface area contributed by atoms with Crippen molar-refractivity contribution >= 4 is 23.3 Å². The zero-order valence-electron chi connectivity index (χ0n) is 17.5. The highest BCUT2D eigenvalue weighted by Crippen LogP contribution is 2.34. The van der Waals surface area contributed by atoms with E-state index in [0.717, 1.165) is 17.7 Å². The second-order valence-corrected chi connectivity index (χ2v) is 8.03. The molecule has 0 saturated heterocycles. The van der Waals surface area contributed by atoms with Crippen molar-refractivity contribution in [3.8, 4) is 5.75 Å². The van der Waals surface area contributed by atoms with Crippen molar-refractivity contribution in [3.63, 3.8) is 0 Å². The maximum Gasteiger partial charge on any atom is 0.317 e. The van der Waals surface area contributed by atoms with Crippen molar-refractivity contribution in [3.05, 3.63) is 52.2 Å². The Balaban J connectivity index is 1.73. The quantitative estimate of drug-likeness (QED) is 0.663. The lowest BCUT2D eigenvalue weighted by Crippen LogP contribution is -2.50. The smallest absolute Gasteiger partial charge is 0.317 e. The molecule has 1 aromatic heterocycles. The molecule has 1 unspecified atom stereocenters. The lowest BCUT2D eigenvalue weighted by Gasteiger charge is -2.37. The topological polar surface area (TPSA) is 71.1 Å². The van der Waals surface area contributed by atoms with Crippen LogP contribution in [0.3, 0.4) is 0 Å². The van der Waals surface area contributed by atoms with Crippen LogP contribution in [-0.4, -0.2) is 68.2 Å². The summed E-state index contributed by atoms with van der Waals surface area (Å²) in [5, 5.41) is 4.83. The van der Waals surface area contributed by atoms with Gasteiger partial charge in [-0.1, -0.05) is 18.2 Å². The Bertz CT molecular complexity index is 827. The highest BCUT2D eigenvalue weighted by molar-refractivity contribution is 7.10. The molecule has 0 radical (unpaired) electrons. The van der Waals surface area contributed by atoms with E-state index in [-0.39, 0.29) is 24.5 Å². The summed E-state index contributed by atoms with van der Waals surface area (Å²) in [5.41, 5.74) is 1.14. The van der Waals surface area contributed by atoms with E-state index in [9.17, 15) is 9.59 Å². The molecule has 1 aromatic carbocycles. The second kappa shape index (κ2) is 11.0. The Labute approximate surface area is 181 Å². The van der Waals surface area contributed by atoms with Crippen molar-refractivity contribution in [1.29, 1.82) is 0 Å². The minimum absolute atomic E-state index is 0.0104. The first-order valence-electron chi connectivity index (χ1n) is 10.2. The van der Waals surface area contributed by atoms with Gasteiger partial charge >= 0.3 is 6.03 Å². The number of rotatable bonds is 9. The molecule has 0 fully saturated rings. The number of fused-ring (bicyclic) bond motifs is 1. The average molecular weight is 432 g/mol. The van der Waals surface area contributed by atoms with Crippen LogP contribution in [-0.2, 0) is 16.0 Å². The van der Waals surface area contributed by atoms with Crippen LogP contribution in [0.25, 0.3) is 0 Å². The molecular weight excluding hydrogens is 402 g/mol. The van der Waals surface area contributed by atoms with Crippen molar-refractivity contribution in [1.82, 2.24) is 15.1 Å². The zero-order chi connectivity index (χ0) is 21.3. The van der Waals surface area contributed by atoms with Gasteiger partial charge in [0.05, 0.1) is 12.6 Å². The van der Waals surface area contributed by atoms with Gasteiger partial charge in [0.25, 0.3) is 0 Å². The number of hydrogen-bond donors (Lipinski definition) is 1. The molecule has 7 nitrogen and oxygen atoms in total. The lowest BCUT2D eigenvalue weighted by atomic mass is 10.0. The van der Waals surface area contributed by atoms with Gasteiger partial charge in [-0.2, -0.15) is 0 Å². The maximum absolute atomic E-state index is 13.2. The van der Waals surface area contributed by atoms with Gasteiger partial charge in [0, 0.05) is 31.6 Å². The molecule has 1 aliphatic heterocycles. The van der Waals surface area contributed by atoms with Crippen LogP contribution in [0.2, 0.25) is 0 Å². The summed E-state index contributed by atoms with van der Waals surface area (Å²) in [6.45, 7) is 4.09. The molecule has 3 rings (SSSR count). The fraction of sp³-hybridized carbons (Fsp3) is 0.455. The fourth-order valence-corrected chi connectivity index (χ4v) is 4.47. The summed E-state index contributed by atoms with van der Waals surface area (Å²) in [4.78, 5) is 30.3. The van der Waals surface area contributed by atoms with Crippen LogP contribution < -0.4 is 10.1 Å². The molecule has 30 heavy (non-hydrogen) atoms. The molecule has 1 atom stereocenters. The Morgan fingerprint density at radius 1 is 1.27 bits per heavy atom. The van der Waals surface area contributed by atoms with Gasteiger partial charge < -0.3 is 24.6 Å². The van der Waals surface area contributed by atoms with Crippen LogP contribution in [0, 0.1) is 0 Å². The number of carbonyl (C=O) groups excluding carboxylic acids is 2. The predicted octanol–water partition coefficient (Wildman–Crippen LogP) is 2.93. The largest absolute Gasteiger partial charge is 0.491 e. The van der Waals surface area contributed by atoms with Crippen molar-refractivity contribution in [2.75, 3.05) is 46.5 Å². The first-order valence-corrected chi connectivity index (χ1v) is 11.1. The van der Waals surface area contributed by atoms with Crippen LogP contribution in [0.1, 0.15) is 23.4 Å². The Morgan fingerprint density at radius 2 is 2.07 bits per heavy atom. The number of methoxy groups -OCH3 is 1. The standard InChI is InChI=1S/C22H29N3O4S/c1-3-23-22(27)24(12-13-28-2)15-21(26)25-11-9-20-18(10-14-30-20)19(25)16-29-17-7-5-4-6-8-17/h4-8,10,14,19H,3,9,11-13,15-16H2,1-2H3,(H,23,27). The van der Waals surface area contributed by atoms with Crippen LogP contribution in [0.4, 0.5) is 4.79 Å². The van der Waals surface area contributed by atoms with E-state index in [4.69, 9.17) is 9.47 Å². The summed E-state index contributed by atoms with van der Waals surface area (Å²) < 4.78 is 11.1. The summed E-state index contributed by atoms with van der Waals surface area (Å²) in [6, 6.07) is 11.3. The minimum Gasteiger partial charge on any atom is -0.491 e. The van der Waals surface area contributed by atoms with Gasteiger partial charge in [0.1, 0.15) is 18.9 Å². The average Bonchev–Trinajstić information content (AvgIpc) is 3.24. The minimum atomic E-state index is -0.256. The number of ether oxygens (including phenoxy) is 2. The van der Waals surface area contributed by atoms with Crippen molar-refractivity contribution in [2.24, 2.45) is 0 Å². The monoisotopic (exact) mass is 431 g/mol. The number of urea groups is 1. The zero-order valence-corrected chi connectivity index (χ0v) is 18.3. The summed E-state index contributed by atoms with van der Waals surface area (Å²) in [6.07, 6.45) is 0.819. The normalized spacial score (nSPS) is 15.4. The number of nitrogens with one attached hydrogen (secondary N) is 1. The van der Waals surface area contributed by atoms with Crippen LogP contribution >= 0.6 is 11.3 Å². The second-order valence-electron chi connectivity index (χ2n) is 7.03. The first-order chi connectivity index (χ1) is 14.6. The van der Waals surface area contributed by atoms with Gasteiger partial charge in [-0.3, -0.25) is 4.79 Å². The van der Waals surface area contributed by atoms with Crippen molar-refractivity contribution in [2.45, 2.75) is 19.4 Å². The molecule has 8 heteroatoms. The number of para-hydroxylation sites is 1. The van der Waals surface area contributed by atoms with Gasteiger partial charge in [0.15, 0.2) is 0 Å². The van der Waals surface area contributed by atoms with Gasteiger partial charge in [-0.15, -0.1) is 11.3 Å². The molecule has 1 N–H and O–H groups in total. The molecule has 0 bridgehead atoms. The number of benzene rings is 1. The Hall–Kier alpha value is -2.58. The van der Waals surface area contributed by atoms with E-state index >= 15 is 0 Å². The van der Waals surface area contributed by atoms with E-state index in [1.165, 1.54) is 9.78 Å². The van der Waals surface area contributed by atoms with Gasteiger partial charge in [-0.25, -0.2) is 4.79 Å². The number of amides is 3. The molecule has 0 spiro atoms. The molecule has 162 valence electrons. The first kappa shape index (κ1) is 22.1. The third-order valence-corrected chi connectivity index (χ3v) is 6.07. The molecule has 3 amide bonds. The van der Waals surface area contributed by atoms with Gasteiger partial charge in [0.2, 0.25) is 5.91 Å². The van der Waals surface area contributed by atoms with E-state index in [1.807, 2.05) is 42.2 Å². The van der Waals surface area contributed by atoms with Crippen LogP contribution in [0.15, 0.2) is 41.8 Å². The number of carbonyl (C=O) groups is 2. The Morgan fingerprint density at radius 3 is 2.80 bits per heavy atom. The van der Waals surface area contributed by atoms with E-state index in [1.54, 1.807) is 18.4 Å². The van der Waals surface area contributed by atoms with Crippen molar-refractivity contribution < 1.29 is 19.1 Å².